The van der Waals surface area contributed by atoms with Crippen molar-refractivity contribution < 1.29 is 14.3 Å². The average Bonchev–Trinajstić information content (AvgIpc) is 3.06. The molecular formula is C18H16BrNO3S. The minimum absolute atomic E-state index is 0.107. The predicted octanol–water partition coefficient (Wildman–Crippen LogP) is 4.10. The van der Waals surface area contributed by atoms with Crippen molar-refractivity contribution >= 4 is 39.7 Å². The van der Waals surface area contributed by atoms with Gasteiger partial charge in [-0.25, -0.2) is 0 Å². The smallest absolute Gasteiger partial charge is 0.244 e. The number of fused-ring (bicyclic) bond motifs is 1. The van der Waals surface area contributed by atoms with Crippen LogP contribution in [-0.2, 0) is 4.79 Å². The van der Waals surface area contributed by atoms with Crippen LogP contribution >= 0.6 is 27.7 Å². The van der Waals surface area contributed by atoms with Crippen molar-refractivity contribution in [2.24, 2.45) is 0 Å². The van der Waals surface area contributed by atoms with Gasteiger partial charge in [0.15, 0.2) is 11.5 Å². The van der Waals surface area contributed by atoms with E-state index in [0.717, 1.165) is 21.5 Å². The molecule has 0 unspecified atom stereocenters. The van der Waals surface area contributed by atoms with Crippen LogP contribution < -0.4 is 14.8 Å². The molecule has 0 saturated heterocycles. The summed E-state index contributed by atoms with van der Waals surface area (Å²) < 4.78 is 11.6. The number of amides is 1. The molecule has 1 amide bonds. The predicted molar refractivity (Wildman–Crippen MR) is 99.5 cm³/mol. The first kappa shape index (κ1) is 16.9. The fourth-order valence-electron chi connectivity index (χ4n) is 2.12. The number of carbonyl (C=O) groups excluding carboxylic acids is 1. The molecular weight excluding hydrogens is 390 g/mol. The molecule has 3 rings (SSSR count). The lowest BCUT2D eigenvalue weighted by Gasteiger charge is -2.03. The first-order valence-electron chi connectivity index (χ1n) is 7.45. The lowest BCUT2D eigenvalue weighted by atomic mass is 10.2. The summed E-state index contributed by atoms with van der Waals surface area (Å²) in [6.07, 6.45) is 3.29. The van der Waals surface area contributed by atoms with Gasteiger partial charge in [-0.1, -0.05) is 22.0 Å². The van der Waals surface area contributed by atoms with Gasteiger partial charge in [-0.2, -0.15) is 0 Å². The van der Waals surface area contributed by atoms with E-state index < -0.39 is 0 Å². The number of rotatable bonds is 6. The lowest BCUT2D eigenvalue weighted by molar-refractivity contribution is -0.116. The number of thioether (sulfide) groups is 1. The number of benzene rings is 2. The number of nitrogens with one attached hydrogen (secondary N) is 1. The van der Waals surface area contributed by atoms with Crippen LogP contribution in [0.4, 0.5) is 0 Å². The van der Waals surface area contributed by atoms with Gasteiger partial charge in [0, 0.05) is 27.7 Å². The second kappa shape index (κ2) is 8.26. The van der Waals surface area contributed by atoms with Crippen molar-refractivity contribution in [2.45, 2.75) is 4.90 Å². The Bertz CT molecular complexity index is 746. The Morgan fingerprint density at radius 2 is 1.96 bits per heavy atom. The third-order valence-corrected chi connectivity index (χ3v) is 4.85. The van der Waals surface area contributed by atoms with E-state index in [1.54, 1.807) is 17.8 Å². The monoisotopic (exact) mass is 405 g/mol. The Morgan fingerprint density at radius 3 is 2.79 bits per heavy atom. The number of hydrogen-bond acceptors (Lipinski definition) is 4. The third kappa shape index (κ3) is 4.79. The van der Waals surface area contributed by atoms with E-state index in [1.165, 1.54) is 11.0 Å². The van der Waals surface area contributed by atoms with Gasteiger partial charge >= 0.3 is 0 Å². The molecule has 4 nitrogen and oxygen atoms in total. The molecule has 0 saturated carbocycles. The Kier molecular flexibility index (Phi) is 5.82. The van der Waals surface area contributed by atoms with Gasteiger partial charge in [0.25, 0.3) is 0 Å². The van der Waals surface area contributed by atoms with Gasteiger partial charge in [0.1, 0.15) is 0 Å². The average molecular weight is 406 g/mol. The zero-order valence-electron chi connectivity index (χ0n) is 12.8. The second-order valence-corrected chi connectivity index (χ2v) is 7.12. The van der Waals surface area contributed by atoms with Crippen molar-refractivity contribution in [3.63, 3.8) is 0 Å². The molecule has 0 aliphatic carbocycles. The van der Waals surface area contributed by atoms with Crippen LogP contribution in [-0.4, -0.2) is 25.0 Å². The molecule has 1 aliphatic heterocycles. The minimum atomic E-state index is -0.107. The molecule has 1 N–H and O–H groups in total. The molecule has 124 valence electrons. The first-order chi connectivity index (χ1) is 11.7. The molecule has 24 heavy (non-hydrogen) atoms. The Labute approximate surface area is 153 Å². The number of carbonyl (C=O) groups is 1. The standard InChI is InChI=1S/C18H16BrNO3S/c19-14-3-5-15(6-4-14)24-10-9-20-18(21)8-2-13-1-7-16-17(11-13)23-12-22-16/h1-8,11H,9-10,12H2,(H,20,21)/b8-2+. The molecule has 2 aromatic rings. The quantitative estimate of drug-likeness (QED) is 0.446. The van der Waals surface area contributed by atoms with Crippen molar-refractivity contribution in [3.8, 4) is 11.5 Å². The molecule has 0 bridgehead atoms. The normalized spacial score (nSPS) is 12.5. The van der Waals surface area contributed by atoms with E-state index in [0.29, 0.717) is 12.3 Å². The summed E-state index contributed by atoms with van der Waals surface area (Å²) in [6, 6.07) is 13.7. The van der Waals surface area contributed by atoms with E-state index in [9.17, 15) is 4.79 Å². The third-order valence-electron chi connectivity index (χ3n) is 3.31. The van der Waals surface area contributed by atoms with Gasteiger partial charge in [-0.15, -0.1) is 11.8 Å². The van der Waals surface area contributed by atoms with E-state index >= 15 is 0 Å². The first-order valence-corrected chi connectivity index (χ1v) is 9.22. The topological polar surface area (TPSA) is 47.6 Å². The van der Waals surface area contributed by atoms with Crippen LogP contribution in [0.5, 0.6) is 11.5 Å². The highest BCUT2D eigenvalue weighted by Gasteiger charge is 2.12. The van der Waals surface area contributed by atoms with E-state index in [1.807, 2.05) is 30.3 Å². The lowest BCUT2D eigenvalue weighted by Crippen LogP contribution is -2.23. The number of ether oxygens (including phenoxy) is 2. The highest BCUT2D eigenvalue weighted by atomic mass is 79.9. The molecule has 0 spiro atoms. The Morgan fingerprint density at radius 1 is 1.17 bits per heavy atom. The largest absolute Gasteiger partial charge is 0.454 e. The summed E-state index contributed by atoms with van der Waals surface area (Å²) in [5.41, 5.74) is 0.902. The minimum Gasteiger partial charge on any atom is -0.454 e. The molecule has 0 aromatic heterocycles. The summed E-state index contributed by atoms with van der Waals surface area (Å²) in [4.78, 5) is 13.0. The summed E-state index contributed by atoms with van der Waals surface area (Å²) in [5.74, 6) is 2.17. The van der Waals surface area contributed by atoms with Crippen LogP contribution in [0.2, 0.25) is 0 Å². The number of hydrogen-bond donors (Lipinski definition) is 1. The molecule has 2 aromatic carbocycles. The Hall–Kier alpha value is -1.92. The van der Waals surface area contributed by atoms with Gasteiger partial charge in [-0.05, 0) is 48.0 Å². The summed E-state index contributed by atoms with van der Waals surface area (Å²) >= 11 is 5.12. The van der Waals surface area contributed by atoms with Crippen molar-refractivity contribution in [3.05, 3.63) is 58.6 Å². The SMILES string of the molecule is O=C(/C=C/c1ccc2c(c1)OCO2)NCCSc1ccc(Br)cc1. The van der Waals surface area contributed by atoms with Gasteiger partial charge < -0.3 is 14.8 Å². The highest BCUT2D eigenvalue weighted by molar-refractivity contribution is 9.10. The molecule has 0 radical (unpaired) electrons. The van der Waals surface area contributed by atoms with E-state index in [-0.39, 0.29) is 12.7 Å². The fourth-order valence-corrected chi connectivity index (χ4v) is 3.15. The van der Waals surface area contributed by atoms with E-state index in [2.05, 4.69) is 33.4 Å². The second-order valence-electron chi connectivity index (χ2n) is 5.04. The summed E-state index contributed by atoms with van der Waals surface area (Å²) in [6.45, 7) is 0.865. The zero-order chi connectivity index (χ0) is 16.8. The molecule has 0 atom stereocenters. The zero-order valence-corrected chi connectivity index (χ0v) is 15.2. The number of halogens is 1. The van der Waals surface area contributed by atoms with Crippen molar-refractivity contribution in [1.82, 2.24) is 5.32 Å². The van der Waals surface area contributed by atoms with Crippen molar-refractivity contribution in [1.29, 1.82) is 0 Å². The van der Waals surface area contributed by atoms with E-state index in [4.69, 9.17) is 9.47 Å². The summed E-state index contributed by atoms with van der Waals surface area (Å²) in [7, 11) is 0. The van der Waals surface area contributed by atoms with Crippen LogP contribution in [0.3, 0.4) is 0 Å². The Balaban J connectivity index is 1.41. The molecule has 1 aliphatic rings. The highest BCUT2D eigenvalue weighted by Crippen LogP contribution is 2.32. The van der Waals surface area contributed by atoms with Crippen LogP contribution in [0.25, 0.3) is 6.08 Å². The maximum Gasteiger partial charge on any atom is 0.244 e. The van der Waals surface area contributed by atoms with Gasteiger partial charge in [0.2, 0.25) is 12.7 Å². The van der Waals surface area contributed by atoms with Gasteiger partial charge in [0.05, 0.1) is 0 Å². The maximum atomic E-state index is 11.8. The van der Waals surface area contributed by atoms with Crippen LogP contribution in [0.1, 0.15) is 5.56 Å². The maximum absolute atomic E-state index is 11.8. The molecule has 0 fully saturated rings. The van der Waals surface area contributed by atoms with Gasteiger partial charge in [-0.3, -0.25) is 4.79 Å². The fraction of sp³-hybridized carbons (Fsp3) is 0.167. The molecule has 6 heteroatoms. The summed E-state index contributed by atoms with van der Waals surface area (Å²) in [5, 5.41) is 2.88. The van der Waals surface area contributed by atoms with Crippen LogP contribution in [0.15, 0.2) is 57.9 Å². The van der Waals surface area contributed by atoms with Crippen LogP contribution in [0, 0.1) is 0 Å². The van der Waals surface area contributed by atoms with Crippen molar-refractivity contribution in [2.75, 3.05) is 19.1 Å². The molecule has 1 heterocycles.